The summed E-state index contributed by atoms with van der Waals surface area (Å²) in [5.41, 5.74) is 0.983. The summed E-state index contributed by atoms with van der Waals surface area (Å²) in [6, 6.07) is 6.35. The zero-order valence-electron chi connectivity index (χ0n) is 7.24. The van der Waals surface area contributed by atoms with Crippen molar-refractivity contribution in [3.63, 3.8) is 0 Å². The number of nitrogens with zero attached hydrogens (tertiary/aromatic N) is 1. The molecule has 0 aliphatic heterocycles. The summed E-state index contributed by atoms with van der Waals surface area (Å²) < 4.78 is 0. The molecule has 0 saturated heterocycles. The van der Waals surface area contributed by atoms with Gasteiger partial charge in [0.05, 0.1) is 12.5 Å². The summed E-state index contributed by atoms with van der Waals surface area (Å²) in [6.07, 6.45) is 0.197. The number of hydrogen-bond donors (Lipinski definition) is 1. The molecule has 66 valence electrons. The minimum absolute atomic E-state index is 0.197. The first-order chi connectivity index (χ1) is 6.13. The number of aromatic hydroxyl groups is 1. The molecule has 0 radical (unpaired) electrons. The monoisotopic (exact) mass is 175 g/mol. The molecule has 3 nitrogen and oxygen atoms in total. The van der Waals surface area contributed by atoms with Crippen LogP contribution in [0.15, 0.2) is 23.0 Å². The van der Waals surface area contributed by atoms with Crippen LogP contribution in [0, 0.1) is 18.3 Å². The van der Waals surface area contributed by atoms with E-state index in [1.54, 1.807) is 13.0 Å². The van der Waals surface area contributed by atoms with Crippen molar-refractivity contribution < 1.29 is 5.11 Å². The predicted octanol–water partition coefficient (Wildman–Crippen LogP) is 1.13. The Morgan fingerprint density at radius 1 is 1.46 bits per heavy atom. The number of nitriles is 1. The van der Waals surface area contributed by atoms with Gasteiger partial charge < -0.3 is 5.11 Å². The molecule has 13 heavy (non-hydrogen) atoms. The molecular weight excluding hydrogens is 166 g/mol. The van der Waals surface area contributed by atoms with E-state index >= 15 is 0 Å². The normalized spacial score (nSPS) is 9.23. The van der Waals surface area contributed by atoms with E-state index in [0.29, 0.717) is 5.56 Å². The molecule has 0 atom stereocenters. The second kappa shape index (κ2) is 3.72. The lowest BCUT2D eigenvalue weighted by Gasteiger charge is -1.87. The first kappa shape index (κ1) is 9.27. The Morgan fingerprint density at radius 3 is 2.77 bits per heavy atom. The fourth-order valence-electron chi connectivity index (χ4n) is 1.10. The summed E-state index contributed by atoms with van der Waals surface area (Å²) in [5.74, 6) is -0.307. The molecule has 0 amide bonds. The number of rotatable bonds is 1. The topological polar surface area (TPSA) is 61.1 Å². The fraction of sp³-hybridized carbons (Fsp3) is 0.200. The van der Waals surface area contributed by atoms with Gasteiger partial charge in [0.25, 0.3) is 0 Å². The molecule has 1 N–H and O–H groups in total. The van der Waals surface area contributed by atoms with E-state index in [2.05, 4.69) is 0 Å². The Kier molecular flexibility index (Phi) is 2.65. The van der Waals surface area contributed by atoms with Gasteiger partial charge in [0, 0.05) is 0 Å². The maximum atomic E-state index is 11.1. The number of hydrogen-bond acceptors (Lipinski definition) is 3. The highest BCUT2D eigenvalue weighted by molar-refractivity contribution is 5.31. The quantitative estimate of drug-likeness (QED) is 0.695. The van der Waals surface area contributed by atoms with Gasteiger partial charge in [0.2, 0.25) is 5.43 Å². The largest absolute Gasteiger partial charge is 0.504 e. The van der Waals surface area contributed by atoms with Gasteiger partial charge in [0.1, 0.15) is 0 Å². The highest BCUT2D eigenvalue weighted by atomic mass is 16.3. The second-order valence-electron chi connectivity index (χ2n) is 2.84. The smallest absolute Gasteiger partial charge is 0.220 e. The van der Waals surface area contributed by atoms with Gasteiger partial charge in [-0.05, 0) is 30.2 Å². The SMILES string of the molecule is Cc1cc(CC#N)cc(O)c(=O)c1. The van der Waals surface area contributed by atoms with Crippen molar-refractivity contribution in [2.45, 2.75) is 13.3 Å². The summed E-state index contributed by atoms with van der Waals surface area (Å²) in [5, 5.41) is 17.6. The van der Waals surface area contributed by atoms with Crippen LogP contribution >= 0.6 is 0 Å². The lowest BCUT2D eigenvalue weighted by atomic mass is 10.2. The average Bonchev–Trinajstić information content (AvgIpc) is 2.13. The van der Waals surface area contributed by atoms with Gasteiger partial charge >= 0.3 is 0 Å². The standard InChI is InChI=1S/C10H9NO2/c1-7-4-8(2-3-11)6-10(13)9(12)5-7/h4-6H,2H2,1H3,(H,12,13). The second-order valence-corrected chi connectivity index (χ2v) is 2.84. The van der Waals surface area contributed by atoms with E-state index in [9.17, 15) is 9.90 Å². The molecule has 0 aliphatic carbocycles. The van der Waals surface area contributed by atoms with Gasteiger partial charge in [-0.1, -0.05) is 6.07 Å². The van der Waals surface area contributed by atoms with Crippen LogP contribution in [0.3, 0.4) is 0 Å². The van der Waals surface area contributed by atoms with Crippen molar-refractivity contribution in [1.29, 1.82) is 5.26 Å². The Hall–Kier alpha value is -1.82. The highest BCUT2D eigenvalue weighted by Gasteiger charge is 1.98. The molecule has 0 aromatic heterocycles. The van der Waals surface area contributed by atoms with E-state index in [-0.39, 0.29) is 12.2 Å². The minimum Gasteiger partial charge on any atom is -0.504 e. The predicted molar refractivity (Wildman–Crippen MR) is 48.4 cm³/mol. The Bertz CT molecular complexity index is 418. The molecule has 0 spiro atoms. The Morgan fingerprint density at radius 2 is 2.15 bits per heavy atom. The molecule has 0 heterocycles. The molecular formula is C10H9NO2. The molecule has 1 aromatic rings. The van der Waals surface area contributed by atoms with Gasteiger partial charge in [-0.2, -0.15) is 5.26 Å². The van der Waals surface area contributed by atoms with Crippen LogP contribution in [0.1, 0.15) is 11.1 Å². The van der Waals surface area contributed by atoms with E-state index in [1.807, 2.05) is 6.07 Å². The van der Waals surface area contributed by atoms with Crippen molar-refractivity contribution in [3.8, 4) is 11.8 Å². The lowest BCUT2D eigenvalue weighted by molar-refractivity contribution is 0.470. The summed E-state index contributed by atoms with van der Waals surface area (Å²) in [6.45, 7) is 1.75. The van der Waals surface area contributed by atoms with Crippen molar-refractivity contribution in [2.75, 3.05) is 0 Å². The van der Waals surface area contributed by atoms with Crippen LogP contribution < -0.4 is 5.43 Å². The van der Waals surface area contributed by atoms with Crippen LogP contribution in [-0.2, 0) is 6.42 Å². The summed E-state index contributed by atoms with van der Waals surface area (Å²) in [4.78, 5) is 11.1. The first-order valence-electron chi connectivity index (χ1n) is 3.84. The third kappa shape index (κ3) is 2.31. The zero-order chi connectivity index (χ0) is 9.84. The van der Waals surface area contributed by atoms with Gasteiger partial charge in [-0.15, -0.1) is 0 Å². The van der Waals surface area contributed by atoms with Gasteiger partial charge in [0.15, 0.2) is 5.75 Å². The Labute approximate surface area is 75.9 Å². The Balaban J connectivity index is 3.37. The van der Waals surface area contributed by atoms with E-state index in [0.717, 1.165) is 5.56 Å². The van der Waals surface area contributed by atoms with Crippen LogP contribution in [-0.4, -0.2) is 5.11 Å². The van der Waals surface area contributed by atoms with E-state index in [4.69, 9.17) is 5.26 Å². The van der Waals surface area contributed by atoms with E-state index < -0.39 is 5.43 Å². The third-order valence-corrected chi connectivity index (χ3v) is 1.63. The molecule has 3 heteroatoms. The fourth-order valence-corrected chi connectivity index (χ4v) is 1.10. The lowest BCUT2D eigenvalue weighted by Crippen LogP contribution is -1.93. The summed E-state index contributed by atoms with van der Waals surface area (Å²) >= 11 is 0. The van der Waals surface area contributed by atoms with Gasteiger partial charge in [-0.25, -0.2) is 0 Å². The van der Waals surface area contributed by atoms with Crippen LogP contribution in [0.25, 0.3) is 0 Å². The highest BCUT2D eigenvalue weighted by Crippen LogP contribution is 2.07. The maximum Gasteiger partial charge on any atom is 0.220 e. The number of aryl methyl sites for hydroxylation is 1. The molecule has 0 fully saturated rings. The van der Waals surface area contributed by atoms with Crippen molar-refractivity contribution in [3.05, 3.63) is 39.5 Å². The molecule has 0 saturated carbocycles. The van der Waals surface area contributed by atoms with Crippen molar-refractivity contribution in [2.24, 2.45) is 0 Å². The summed E-state index contributed by atoms with van der Waals surface area (Å²) in [7, 11) is 0. The van der Waals surface area contributed by atoms with Gasteiger partial charge in [-0.3, -0.25) is 4.79 Å². The average molecular weight is 175 g/mol. The van der Waals surface area contributed by atoms with Crippen LogP contribution in [0.2, 0.25) is 0 Å². The third-order valence-electron chi connectivity index (χ3n) is 1.63. The molecule has 0 bridgehead atoms. The zero-order valence-corrected chi connectivity index (χ0v) is 7.24. The van der Waals surface area contributed by atoms with E-state index in [1.165, 1.54) is 12.1 Å². The van der Waals surface area contributed by atoms with Crippen molar-refractivity contribution in [1.82, 2.24) is 0 Å². The van der Waals surface area contributed by atoms with Crippen LogP contribution in [0.4, 0.5) is 0 Å². The molecule has 1 aromatic carbocycles. The molecule has 1 rings (SSSR count). The molecule has 0 aliphatic rings. The van der Waals surface area contributed by atoms with Crippen LogP contribution in [0.5, 0.6) is 5.75 Å². The molecule has 0 unspecified atom stereocenters. The maximum absolute atomic E-state index is 11.1. The first-order valence-corrected chi connectivity index (χ1v) is 3.84. The minimum atomic E-state index is -0.415. The van der Waals surface area contributed by atoms with Crippen molar-refractivity contribution >= 4 is 0 Å².